The Hall–Kier alpha value is -2.03. The molecule has 0 aliphatic heterocycles. The van der Waals surface area contributed by atoms with Crippen molar-refractivity contribution in [2.24, 2.45) is 0 Å². The van der Waals surface area contributed by atoms with Crippen molar-refractivity contribution in [3.8, 4) is 0 Å². The zero-order valence-electron chi connectivity index (χ0n) is 12.8. The molecule has 0 atom stereocenters. The second kappa shape index (κ2) is 6.85. The predicted molar refractivity (Wildman–Crippen MR) is 70.5 cm³/mol. The molecule has 0 saturated heterocycles. The molecule has 152 valence electrons. The number of anilines is 1. The van der Waals surface area contributed by atoms with Gasteiger partial charge in [0.05, 0.1) is 5.56 Å². The lowest BCUT2D eigenvalue weighted by Gasteiger charge is -2.29. The fraction of sp³-hybridized carbons (Fsp3) is 0.417. The third-order valence-corrected chi connectivity index (χ3v) is 3.18. The van der Waals surface area contributed by atoms with Gasteiger partial charge in [-0.1, -0.05) is 6.07 Å². The number of amides is 1. The molecule has 0 unspecified atom stereocenters. The van der Waals surface area contributed by atoms with E-state index in [9.17, 15) is 48.7 Å². The Bertz CT molecular complexity index is 729. The highest BCUT2D eigenvalue weighted by atomic mass is 19.4. The minimum atomic E-state index is -6.53. The van der Waals surface area contributed by atoms with E-state index in [-0.39, 0.29) is 12.1 Å². The van der Waals surface area contributed by atoms with E-state index in [0.717, 1.165) is 0 Å². The van der Waals surface area contributed by atoms with Crippen LogP contribution in [0.2, 0.25) is 0 Å². The quantitative estimate of drug-likeness (QED) is 0.524. The first-order valence-corrected chi connectivity index (χ1v) is 6.56. The molecule has 0 heterocycles. The molecular weight excluding hydrogens is 407 g/mol. The van der Waals surface area contributed by atoms with E-state index >= 15 is 0 Å². The van der Waals surface area contributed by atoms with Gasteiger partial charge < -0.3 is 15.4 Å². The number of rotatable bonds is 4. The van der Waals surface area contributed by atoms with E-state index in [0.29, 0.717) is 6.92 Å². The summed E-state index contributed by atoms with van der Waals surface area (Å²) in [5.41, 5.74) is -9.17. The second-order valence-corrected chi connectivity index (χ2v) is 5.15. The zero-order chi connectivity index (χ0) is 21.6. The molecule has 0 spiro atoms. The Morgan fingerprint density at radius 2 is 1.33 bits per heavy atom. The summed E-state index contributed by atoms with van der Waals surface area (Å²) < 4.78 is 131. The van der Waals surface area contributed by atoms with Gasteiger partial charge in [0.15, 0.2) is 0 Å². The average molecular weight is 415 g/mol. The molecule has 15 heteroatoms. The average Bonchev–Trinajstić information content (AvgIpc) is 2.42. The van der Waals surface area contributed by atoms with Crippen LogP contribution in [0, 0.1) is 0 Å². The Balaban J connectivity index is 4.06. The van der Waals surface area contributed by atoms with Crippen molar-refractivity contribution in [2.45, 2.75) is 31.1 Å². The van der Waals surface area contributed by atoms with E-state index in [1.807, 2.05) is 0 Å². The summed E-state index contributed by atoms with van der Waals surface area (Å²) in [5, 5.41) is 19.5. The monoisotopic (exact) mass is 415 g/mol. The van der Waals surface area contributed by atoms with Gasteiger partial charge in [0.1, 0.15) is 0 Å². The minimum Gasteiger partial charge on any atom is -0.423 e. The molecular formula is C12H8BF10NO3. The zero-order valence-corrected chi connectivity index (χ0v) is 12.8. The summed E-state index contributed by atoms with van der Waals surface area (Å²) in [5.74, 6) is -13.4. The van der Waals surface area contributed by atoms with Crippen molar-refractivity contribution >= 4 is 24.2 Å². The number of nitrogens with one attached hydrogen (secondary N) is 1. The van der Waals surface area contributed by atoms with Crippen LogP contribution in [0.15, 0.2) is 12.1 Å². The molecule has 0 aliphatic rings. The number of halogens is 10. The molecule has 0 radical (unpaired) electrons. The summed E-state index contributed by atoms with van der Waals surface area (Å²) in [6.45, 7) is 0.614. The molecule has 3 N–H and O–H groups in total. The van der Waals surface area contributed by atoms with Crippen LogP contribution in [-0.2, 0) is 16.6 Å². The van der Waals surface area contributed by atoms with Crippen LogP contribution in [0.5, 0.6) is 0 Å². The molecule has 1 aromatic rings. The number of carbonyl (C=O) groups is 1. The van der Waals surface area contributed by atoms with Gasteiger partial charge in [0.25, 0.3) is 0 Å². The van der Waals surface area contributed by atoms with Crippen molar-refractivity contribution in [1.29, 1.82) is 0 Å². The highest BCUT2D eigenvalue weighted by Gasteiger charge is 2.64. The lowest BCUT2D eigenvalue weighted by Crippen LogP contribution is -2.49. The summed E-state index contributed by atoms with van der Waals surface area (Å²) in [7, 11) is -3.59. The number of alkyl halides is 10. The van der Waals surface area contributed by atoms with Crippen molar-refractivity contribution in [2.75, 3.05) is 5.32 Å². The Morgan fingerprint density at radius 1 is 0.889 bits per heavy atom. The maximum absolute atomic E-state index is 13.8. The third kappa shape index (κ3) is 4.13. The van der Waals surface area contributed by atoms with E-state index in [2.05, 4.69) is 0 Å². The highest BCUT2D eigenvalue weighted by Crippen LogP contribution is 2.49. The van der Waals surface area contributed by atoms with E-state index in [4.69, 9.17) is 10.0 Å². The van der Waals surface area contributed by atoms with Gasteiger partial charge in [0, 0.05) is 23.6 Å². The number of benzene rings is 1. The van der Waals surface area contributed by atoms with Gasteiger partial charge in [0.2, 0.25) is 5.91 Å². The lowest BCUT2D eigenvalue weighted by atomic mass is 9.70. The number of carbonyl (C=O) groups excluding carboxylic acids is 1. The van der Waals surface area contributed by atoms with Crippen LogP contribution in [0.3, 0.4) is 0 Å². The van der Waals surface area contributed by atoms with Gasteiger partial charge in [-0.2, -0.15) is 43.9 Å². The van der Waals surface area contributed by atoms with Crippen LogP contribution >= 0.6 is 0 Å². The summed E-state index contributed by atoms with van der Waals surface area (Å²) in [4.78, 5) is 11.0. The van der Waals surface area contributed by atoms with Gasteiger partial charge >= 0.3 is 31.3 Å². The molecule has 0 fully saturated rings. The van der Waals surface area contributed by atoms with Crippen molar-refractivity contribution in [3.63, 3.8) is 0 Å². The lowest BCUT2D eigenvalue weighted by molar-refractivity contribution is -0.291. The Kier molecular flexibility index (Phi) is 5.84. The van der Waals surface area contributed by atoms with Crippen molar-refractivity contribution < 1.29 is 58.7 Å². The maximum atomic E-state index is 13.8. The normalized spacial score (nSPS) is 13.5. The van der Waals surface area contributed by atoms with Crippen LogP contribution in [0.4, 0.5) is 49.6 Å². The van der Waals surface area contributed by atoms with Gasteiger partial charge in [-0.05, 0) is 6.07 Å². The largest absolute Gasteiger partial charge is 0.489 e. The fourth-order valence-corrected chi connectivity index (χ4v) is 2.09. The molecule has 4 nitrogen and oxygen atoms in total. The molecule has 0 bridgehead atoms. The summed E-state index contributed by atoms with van der Waals surface area (Å²) >= 11 is 0. The van der Waals surface area contributed by atoms with Gasteiger partial charge in [-0.15, -0.1) is 0 Å². The molecule has 0 aliphatic carbocycles. The second-order valence-electron chi connectivity index (χ2n) is 5.15. The van der Waals surface area contributed by atoms with Crippen LogP contribution in [-0.4, -0.2) is 35.4 Å². The molecule has 1 aromatic carbocycles. The first kappa shape index (κ1) is 23.0. The third-order valence-electron chi connectivity index (χ3n) is 3.18. The van der Waals surface area contributed by atoms with Gasteiger partial charge in [-0.3, -0.25) is 4.79 Å². The van der Waals surface area contributed by atoms with Crippen molar-refractivity contribution in [1.82, 2.24) is 0 Å². The van der Waals surface area contributed by atoms with Crippen LogP contribution in [0.1, 0.15) is 18.1 Å². The number of hydrogen-bond donors (Lipinski definition) is 3. The van der Waals surface area contributed by atoms with Crippen LogP contribution < -0.4 is 10.8 Å². The van der Waals surface area contributed by atoms with Crippen molar-refractivity contribution in [3.05, 3.63) is 23.3 Å². The Morgan fingerprint density at radius 3 is 1.67 bits per heavy atom. The summed E-state index contributed by atoms with van der Waals surface area (Å²) in [6.07, 6.45) is -13.0. The molecule has 0 saturated carbocycles. The minimum absolute atomic E-state index is 0.0583. The SMILES string of the molecule is CC(=O)Nc1ccc(C(F)(F)C(F)(F)F)c(B(O)O)c1C(F)(F)C(F)(F)F. The standard InChI is InChI=1S/C12H8BF10NO3/c1-4(25)24-6-3-2-5(9(14,15)11(18,19)20)8(13(26)27)7(6)10(16,17)12(21,22)23/h2-3,26-27H,1H3,(H,24,25). The van der Waals surface area contributed by atoms with Gasteiger partial charge in [-0.25, -0.2) is 0 Å². The predicted octanol–water partition coefficient (Wildman–Crippen LogP) is 2.63. The first-order chi connectivity index (χ1) is 11.9. The molecule has 1 rings (SSSR count). The highest BCUT2D eigenvalue weighted by molar-refractivity contribution is 6.60. The van der Waals surface area contributed by atoms with E-state index < -0.39 is 59.5 Å². The molecule has 0 aromatic heterocycles. The van der Waals surface area contributed by atoms with Crippen LogP contribution in [0.25, 0.3) is 0 Å². The smallest absolute Gasteiger partial charge is 0.423 e. The topological polar surface area (TPSA) is 69.6 Å². The van der Waals surface area contributed by atoms with E-state index in [1.54, 1.807) is 0 Å². The first-order valence-electron chi connectivity index (χ1n) is 6.56. The molecule has 27 heavy (non-hydrogen) atoms. The number of hydrogen-bond acceptors (Lipinski definition) is 3. The van der Waals surface area contributed by atoms with E-state index in [1.165, 1.54) is 5.32 Å². The molecule has 1 amide bonds. The Labute approximate surface area is 143 Å². The fourth-order valence-electron chi connectivity index (χ4n) is 2.09. The maximum Gasteiger partial charge on any atom is 0.489 e. The summed E-state index contributed by atoms with van der Waals surface area (Å²) in [6, 6.07) is -0.305.